The number of rotatable bonds is 3. The second kappa shape index (κ2) is 6.68. The van der Waals surface area contributed by atoms with Gasteiger partial charge in [0.05, 0.1) is 0 Å². The molecule has 0 N–H and O–H groups in total. The van der Waals surface area contributed by atoms with Crippen molar-refractivity contribution in [3.8, 4) is 5.75 Å². The molecule has 2 rings (SSSR count). The van der Waals surface area contributed by atoms with Crippen molar-refractivity contribution in [2.45, 2.75) is 45.2 Å². The number of hydrogen-bond acceptors (Lipinski definition) is 2. The van der Waals surface area contributed by atoms with Gasteiger partial charge in [0.25, 0.3) is 5.91 Å². The summed E-state index contributed by atoms with van der Waals surface area (Å²) in [7, 11) is 0. The van der Waals surface area contributed by atoms with E-state index < -0.39 is 0 Å². The van der Waals surface area contributed by atoms with Gasteiger partial charge in [0, 0.05) is 22.1 Å². The second-order valence-electron chi connectivity index (χ2n) is 5.32. The van der Waals surface area contributed by atoms with Crippen molar-refractivity contribution >= 4 is 29.1 Å². The van der Waals surface area contributed by atoms with Gasteiger partial charge in [0.2, 0.25) is 0 Å². The Hall–Kier alpha value is -0.930. The number of hydrogen-bond donors (Lipinski definition) is 0. The van der Waals surface area contributed by atoms with E-state index in [9.17, 15) is 4.79 Å². The Labute approximate surface area is 129 Å². The van der Waals surface area contributed by atoms with Crippen molar-refractivity contribution < 1.29 is 9.53 Å². The molecule has 0 aliphatic carbocycles. The zero-order chi connectivity index (χ0) is 14.7. The van der Waals surface area contributed by atoms with E-state index in [1.807, 2.05) is 4.90 Å². The van der Waals surface area contributed by atoms with Crippen molar-refractivity contribution in [1.29, 1.82) is 0 Å². The van der Waals surface area contributed by atoms with Crippen LogP contribution in [0.15, 0.2) is 18.2 Å². The van der Waals surface area contributed by atoms with Crippen LogP contribution in [0.4, 0.5) is 0 Å². The summed E-state index contributed by atoms with van der Waals surface area (Å²) in [5.74, 6) is 0.536. The van der Waals surface area contributed by atoms with Crippen LogP contribution in [0.25, 0.3) is 0 Å². The van der Waals surface area contributed by atoms with Crippen molar-refractivity contribution in [3.05, 3.63) is 28.2 Å². The minimum atomic E-state index is 0.0146. The number of nitrogens with zero attached hydrogens (tertiary/aromatic N) is 1. The number of likely N-dealkylation sites (tertiary alicyclic amines) is 1. The van der Waals surface area contributed by atoms with Crippen molar-refractivity contribution in [1.82, 2.24) is 4.90 Å². The quantitative estimate of drug-likeness (QED) is 0.838. The minimum Gasteiger partial charge on any atom is -0.484 e. The fourth-order valence-corrected chi connectivity index (χ4v) is 3.25. The van der Waals surface area contributed by atoms with E-state index in [1.165, 1.54) is 6.42 Å². The highest BCUT2D eigenvalue weighted by Crippen LogP contribution is 2.25. The lowest BCUT2D eigenvalue weighted by Gasteiger charge is -2.38. The first-order valence-electron chi connectivity index (χ1n) is 6.87. The minimum absolute atomic E-state index is 0.0146. The van der Waals surface area contributed by atoms with E-state index in [0.717, 1.165) is 12.8 Å². The van der Waals surface area contributed by atoms with Crippen molar-refractivity contribution in [2.24, 2.45) is 0 Å². The third-order valence-electron chi connectivity index (χ3n) is 3.68. The molecule has 1 aliphatic heterocycles. The molecule has 2 atom stereocenters. The van der Waals surface area contributed by atoms with Crippen molar-refractivity contribution in [3.63, 3.8) is 0 Å². The smallest absolute Gasteiger partial charge is 0.260 e. The largest absolute Gasteiger partial charge is 0.484 e. The zero-order valence-electron chi connectivity index (χ0n) is 11.7. The fourth-order valence-electron chi connectivity index (χ4n) is 2.74. The van der Waals surface area contributed by atoms with E-state index in [0.29, 0.717) is 15.8 Å². The summed E-state index contributed by atoms with van der Waals surface area (Å²) in [5, 5.41) is 0.999. The number of carbonyl (C=O) groups excluding carboxylic acids is 1. The lowest BCUT2D eigenvalue weighted by molar-refractivity contribution is -0.139. The fraction of sp³-hybridized carbons (Fsp3) is 0.533. The van der Waals surface area contributed by atoms with Crippen LogP contribution in [0.5, 0.6) is 5.75 Å². The van der Waals surface area contributed by atoms with E-state index in [2.05, 4.69) is 13.8 Å². The SMILES string of the molecule is CC1CCCC(C)N1C(=O)COc1cc(Cl)cc(Cl)c1. The molecule has 1 saturated heterocycles. The first-order chi connectivity index (χ1) is 9.47. The number of benzene rings is 1. The standard InChI is InChI=1S/C15H19Cl2NO2/c1-10-4-3-5-11(2)18(10)15(19)9-20-14-7-12(16)6-13(17)8-14/h6-8,10-11H,3-5,9H2,1-2H3. The highest BCUT2D eigenvalue weighted by molar-refractivity contribution is 6.34. The molecule has 2 unspecified atom stereocenters. The summed E-state index contributed by atoms with van der Waals surface area (Å²) >= 11 is 11.8. The number of piperidine rings is 1. The highest BCUT2D eigenvalue weighted by atomic mass is 35.5. The average molecular weight is 316 g/mol. The molecule has 1 fully saturated rings. The molecule has 3 nitrogen and oxygen atoms in total. The van der Waals surface area contributed by atoms with Gasteiger partial charge >= 0.3 is 0 Å². The third-order valence-corrected chi connectivity index (χ3v) is 4.12. The molecule has 0 bridgehead atoms. The molecule has 1 amide bonds. The Morgan fingerprint density at radius 3 is 2.30 bits per heavy atom. The molecule has 0 radical (unpaired) electrons. The van der Waals surface area contributed by atoms with Crippen LogP contribution in [0.1, 0.15) is 33.1 Å². The Kier molecular flexibility index (Phi) is 5.17. The van der Waals surface area contributed by atoms with Crippen LogP contribution in [0.2, 0.25) is 10.0 Å². The summed E-state index contributed by atoms with van der Waals surface area (Å²) in [6.07, 6.45) is 3.29. The summed E-state index contributed by atoms with van der Waals surface area (Å²) in [4.78, 5) is 14.2. The normalized spacial score (nSPS) is 22.7. The molecule has 0 saturated carbocycles. The first-order valence-corrected chi connectivity index (χ1v) is 7.63. The summed E-state index contributed by atoms with van der Waals surface area (Å²) < 4.78 is 5.52. The molecule has 20 heavy (non-hydrogen) atoms. The van der Waals surface area contributed by atoms with Gasteiger partial charge in [-0.05, 0) is 51.3 Å². The Morgan fingerprint density at radius 2 is 1.75 bits per heavy atom. The first kappa shape index (κ1) is 15.5. The highest BCUT2D eigenvalue weighted by Gasteiger charge is 2.28. The van der Waals surface area contributed by atoms with Gasteiger partial charge in [-0.25, -0.2) is 0 Å². The lowest BCUT2D eigenvalue weighted by Crippen LogP contribution is -2.49. The Morgan fingerprint density at radius 1 is 1.20 bits per heavy atom. The van der Waals surface area contributed by atoms with Gasteiger partial charge < -0.3 is 9.64 Å². The van der Waals surface area contributed by atoms with E-state index in [1.54, 1.807) is 18.2 Å². The molecule has 1 aromatic rings. The lowest BCUT2D eigenvalue weighted by atomic mass is 9.97. The van der Waals surface area contributed by atoms with Gasteiger partial charge in [-0.3, -0.25) is 4.79 Å². The maximum Gasteiger partial charge on any atom is 0.260 e. The number of amides is 1. The number of halogens is 2. The van der Waals surface area contributed by atoms with E-state index >= 15 is 0 Å². The van der Waals surface area contributed by atoms with E-state index in [-0.39, 0.29) is 24.6 Å². The zero-order valence-corrected chi connectivity index (χ0v) is 13.2. The molecule has 1 aromatic carbocycles. The molecule has 1 heterocycles. The summed E-state index contributed by atoms with van der Waals surface area (Å²) in [6, 6.07) is 5.50. The summed E-state index contributed by atoms with van der Waals surface area (Å²) in [6.45, 7) is 4.19. The Balaban J connectivity index is 1.97. The molecule has 1 aliphatic rings. The molecular formula is C15H19Cl2NO2. The van der Waals surface area contributed by atoms with E-state index in [4.69, 9.17) is 27.9 Å². The van der Waals surface area contributed by atoms with Gasteiger partial charge in [0.15, 0.2) is 6.61 Å². The molecule has 110 valence electrons. The molecule has 0 aromatic heterocycles. The van der Waals surface area contributed by atoms with Crippen LogP contribution in [-0.4, -0.2) is 29.5 Å². The van der Waals surface area contributed by atoms with Gasteiger partial charge in [-0.2, -0.15) is 0 Å². The number of carbonyl (C=O) groups is 1. The molecule has 0 spiro atoms. The van der Waals surface area contributed by atoms with Crippen LogP contribution in [-0.2, 0) is 4.79 Å². The predicted octanol–water partition coefficient (Wildman–Crippen LogP) is 4.16. The topological polar surface area (TPSA) is 29.5 Å². The van der Waals surface area contributed by atoms with Crippen LogP contribution in [0.3, 0.4) is 0 Å². The Bertz CT molecular complexity index is 463. The maximum atomic E-state index is 12.3. The summed E-state index contributed by atoms with van der Waals surface area (Å²) in [5.41, 5.74) is 0. The van der Waals surface area contributed by atoms with Crippen LogP contribution < -0.4 is 4.74 Å². The van der Waals surface area contributed by atoms with Gasteiger partial charge in [-0.15, -0.1) is 0 Å². The second-order valence-corrected chi connectivity index (χ2v) is 6.20. The maximum absolute atomic E-state index is 12.3. The molecule has 5 heteroatoms. The van der Waals surface area contributed by atoms with Crippen LogP contribution >= 0.6 is 23.2 Å². The van der Waals surface area contributed by atoms with Gasteiger partial charge in [0.1, 0.15) is 5.75 Å². The predicted molar refractivity (Wildman–Crippen MR) is 81.6 cm³/mol. The molecular weight excluding hydrogens is 297 g/mol. The number of ether oxygens (including phenoxy) is 1. The monoisotopic (exact) mass is 315 g/mol. The van der Waals surface area contributed by atoms with Crippen molar-refractivity contribution in [2.75, 3.05) is 6.61 Å². The van der Waals surface area contributed by atoms with Crippen LogP contribution in [0, 0.1) is 0 Å². The third kappa shape index (κ3) is 3.80. The average Bonchev–Trinajstić information content (AvgIpc) is 2.35. The van der Waals surface area contributed by atoms with Gasteiger partial charge in [-0.1, -0.05) is 23.2 Å².